The number of fused-ring (bicyclic) bond motifs is 1. The summed E-state index contributed by atoms with van der Waals surface area (Å²) in [5.74, 6) is 0.843. The molecular formula is C16H18N4O. The van der Waals surface area contributed by atoms with Crippen molar-refractivity contribution in [1.29, 1.82) is 0 Å². The number of anilines is 1. The summed E-state index contributed by atoms with van der Waals surface area (Å²) in [6.07, 6.45) is 8.41. The van der Waals surface area contributed by atoms with Crippen LogP contribution >= 0.6 is 0 Å². The third-order valence-electron chi connectivity index (χ3n) is 3.37. The van der Waals surface area contributed by atoms with E-state index in [-0.39, 0.29) is 0 Å². The van der Waals surface area contributed by atoms with E-state index in [0.29, 0.717) is 0 Å². The molecule has 2 aromatic heterocycles. The number of hydrogen-bond donors (Lipinski definition) is 1. The number of ether oxygens (including phenoxy) is 1. The summed E-state index contributed by atoms with van der Waals surface area (Å²) in [4.78, 5) is 8.57. The van der Waals surface area contributed by atoms with E-state index in [9.17, 15) is 0 Å². The summed E-state index contributed by atoms with van der Waals surface area (Å²) in [6, 6.07) is 8.21. The van der Waals surface area contributed by atoms with Gasteiger partial charge in [0.15, 0.2) is 0 Å². The van der Waals surface area contributed by atoms with Gasteiger partial charge in [0.25, 0.3) is 0 Å². The van der Waals surface area contributed by atoms with Crippen molar-refractivity contribution in [3.63, 3.8) is 0 Å². The second-order valence-corrected chi connectivity index (χ2v) is 4.77. The van der Waals surface area contributed by atoms with Crippen LogP contribution in [0, 0.1) is 0 Å². The molecule has 5 heteroatoms. The van der Waals surface area contributed by atoms with Crippen molar-refractivity contribution in [3.8, 4) is 5.69 Å². The summed E-state index contributed by atoms with van der Waals surface area (Å²) >= 11 is 0. The van der Waals surface area contributed by atoms with Crippen molar-refractivity contribution >= 4 is 16.7 Å². The maximum atomic E-state index is 5.06. The fourth-order valence-electron chi connectivity index (χ4n) is 2.36. The molecule has 0 aliphatic carbocycles. The molecule has 3 rings (SSSR count). The number of rotatable bonds is 6. The molecular weight excluding hydrogens is 264 g/mol. The van der Waals surface area contributed by atoms with Crippen molar-refractivity contribution in [2.75, 3.05) is 25.6 Å². The second-order valence-electron chi connectivity index (χ2n) is 4.77. The van der Waals surface area contributed by atoms with Gasteiger partial charge in [-0.05, 0) is 18.6 Å². The Morgan fingerprint density at radius 3 is 3.10 bits per heavy atom. The van der Waals surface area contributed by atoms with Gasteiger partial charge in [-0.2, -0.15) is 0 Å². The lowest BCUT2D eigenvalue weighted by Gasteiger charge is -2.12. The first-order valence-corrected chi connectivity index (χ1v) is 6.99. The van der Waals surface area contributed by atoms with Crippen LogP contribution in [0.4, 0.5) is 5.95 Å². The van der Waals surface area contributed by atoms with Crippen molar-refractivity contribution in [2.24, 2.45) is 0 Å². The number of methoxy groups -OCH3 is 1. The third-order valence-corrected chi connectivity index (χ3v) is 3.37. The first kappa shape index (κ1) is 13.6. The van der Waals surface area contributed by atoms with Crippen molar-refractivity contribution in [3.05, 3.63) is 49.1 Å². The van der Waals surface area contributed by atoms with E-state index in [4.69, 9.17) is 4.74 Å². The fourth-order valence-corrected chi connectivity index (χ4v) is 2.36. The minimum absolute atomic E-state index is 0.744. The molecule has 0 atom stereocenters. The fraction of sp³-hybridized carbons (Fsp3) is 0.250. The Hall–Kier alpha value is -2.40. The minimum atomic E-state index is 0.744. The Kier molecular flexibility index (Phi) is 4.12. The minimum Gasteiger partial charge on any atom is -0.385 e. The molecule has 0 unspecified atom stereocenters. The van der Waals surface area contributed by atoms with Gasteiger partial charge in [-0.25, -0.2) is 4.98 Å². The highest BCUT2D eigenvalue weighted by molar-refractivity contribution is 5.89. The largest absolute Gasteiger partial charge is 0.385 e. The van der Waals surface area contributed by atoms with Gasteiger partial charge < -0.3 is 10.1 Å². The van der Waals surface area contributed by atoms with Gasteiger partial charge in [0, 0.05) is 55.8 Å². The molecule has 0 aliphatic rings. The van der Waals surface area contributed by atoms with Crippen molar-refractivity contribution < 1.29 is 4.74 Å². The molecule has 0 aliphatic heterocycles. The Morgan fingerprint density at radius 1 is 1.24 bits per heavy atom. The highest BCUT2D eigenvalue weighted by atomic mass is 16.5. The van der Waals surface area contributed by atoms with Crippen LogP contribution in [0.1, 0.15) is 6.42 Å². The van der Waals surface area contributed by atoms with E-state index in [0.717, 1.165) is 42.0 Å². The number of benzene rings is 1. The van der Waals surface area contributed by atoms with E-state index in [1.807, 2.05) is 30.7 Å². The molecule has 2 heterocycles. The van der Waals surface area contributed by atoms with Gasteiger partial charge in [0.1, 0.15) is 0 Å². The van der Waals surface area contributed by atoms with Crippen molar-refractivity contribution in [1.82, 2.24) is 14.5 Å². The summed E-state index contributed by atoms with van der Waals surface area (Å²) in [5.41, 5.74) is 1.10. The number of aromatic nitrogens is 3. The molecule has 5 nitrogen and oxygen atoms in total. The molecule has 0 radical (unpaired) electrons. The molecule has 3 aromatic rings. The lowest BCUT2D eigenvalue weighted by molar-refractivity contribution is 0.197. The van der Waals surface area contributed by atoms with Crippen LogP contribution in [0.15, 0.2) is 49.1 Å². The molecule has 21 heavy (non-hydrogen) atoms. The average Bonchev–Trinajstić information content (AvgIpc) is 2.99. The smallest absolute Gasteiger partial charge is 0.207 e. The summed E-state index contributed by atoms with van der Waals surface area (Å²) in [7, 11) is 1.71. The maximum Gasteiger partial charge on any atom is 0.207 e. The molecule has 0 saturated carbocycles. The molecule has 0 bridgehead atoms. The Labute approximate surface area is 123 Å². The van der Waals surface area contributed by atoms with Gasteiger partial charge >= 0.3 is 0 Å². The highest BCUT2D eigenvalue weighted by Gasteiger charge is 2.07. The molecule has 0 amide bonds. The van der Waals surface area contributed by atoms with Crippen LogP contribution in [-0.4, -0.2) is 34.8 Å². The molecule has 0 fully saturated rings. The standard InChI is InChI=1S/C16H18N4O/c1-21-11-3-7-18-16-19-9-10-20(16)15-5-2-4-13-12-17-8-6-14(13)15/h2,4-6,8-10,12H,3,7,11H2,1H3,(H,18,19). The van der Waals surface area contributed by atoms with E-state index in [2.05, 4.69) is 32.0 Å². The SMILES string of the molecule is COCCCNc1nccn1-c1cccc2cnccc12. The zero-order valence-electron chi connectivity index (χ0n) is 12.0. The monoisotopic (exact) mass is 282 g/mol. The highest BCUT2D eigenvalue weighted by Crippen LogP contribution is 2.23. The van der Waals surface area contributed by atoms with Crippen LogP contribution in [0.5, 0.6) is 0 Å². The molecule has 1 aromatic carbocycles. The second kappa shape index (κ2) is 6.37. The van der Waals surface area contributed by atoms with Gasteiger partial charge in [-0.3, -0.25) is 9.55 Å². The van der Waals surface area contributed by atoms with Gasteiger partial charge in [0.2, 0.25) is 5.95 Å². The van der Waals surface area contributed by atoms with Gasteiger partial charge in [-0.1, -0.05) is 12.1 Å². The predicted octanol–water partition coefficient (Wildman–Crippen LogP) is 2.87. The normalized spacial score (nSPS) is 10.9. The van der Waals surface area contributed by atoms with Crippen molar-refractivity contribution in [2.45, 2.75) is 6.42 Å². The summed E-state index contributed by atoms with van der Waals surface area (Å²) in [6.45, 7) is 1.57. The zero-order valence-corrected chi connectivity index (χ0v) is 12.0. The first-order chi connectivity index (χ1) is 10.4. The molecule has 0 saturated heterocycles. The Balaban J connectivity index is 1.91. The lowest BCUT2D eigenvalue weighted by Crippen LogP contribution is -2.09. The number of pyridine rings is 1. The van der Waals surface area contributed by atoms with Gasteiger partial charge in [0.05, 0.1) is 5.69 Å². The molecule has 1 N–H and O–H groups in total. The predicted molar refractivity (Wildman–Crippen MR) is 83.8 cm³/mol. The van der Waals surface area contributed by atoms with Crippen LogP contribution in [0.2, 0.25) is 0 Å². The summed E-state index contributed by atoms with van der Waals surface area (Å²) in [5, 5.41) is 5.62. The molecule has 0 spiro atoms. The number of nitrogens with zero attached hydrogens (tertiary/aromatic N) is 3. The van der Waals surface area contributed by atoms with Crippen LogP contribution in [-0.2, 0) is 4.74 Å². The lowest BCUT2D eigenvalue weighted by atomic mass is 10.1. The van der Waals surface area contributed by atoms with E-state index in [1.165, 1.54) is 0 Å². The van der Waals surface area contributed by atoms with Gasteiger partial charge in [-0.15, -0.1) is 0 Å². The van der Waals surface area contributed by atoms with Crippen LogP contribution in [0.25, 0.3) is 16.5 Å². The topological polar surface area (TPSA) is 52.0 Å². The zero-order chi connectivity index (χ0) is 14.5. The number of imidazole rings is 1. The van der Waals surface area contributed by atoms with E-state index in [1.54, 1.807) is 13.3 Å². The Morgan fingerprint density at radius 2 is 2.19 bits per heavy atom. The summed E-state index contributed by atoms with van der Waals surface area (Å²) < 4.78 is 7.12. The quantitative estimate of drug-likeness (QED) is 0.706. The Bertz CT molecular complexity index is 718. The first-order valence-electron chi connectivity index (χ1n) is 6.99. The van der Waals surface area contributed by atoms with Crippen LogP contribution < -0.4 is 5.32 Å². The van der Waals surface area contributed by atoms with E-state index < -0.39 is 0 Å². The van der Waals surface area contributed by atoms with Crippen LogP contribution in [0.3, 0.4) is 0 Å². The number of nitrogens with one attached hydrogen (secondary N) is 1. The molecule has 108 valence electrons. The number of hydrogen-bond acceptors (Lipinski definition) is 4. The average molecular weight is 282 g/mol. The third kappa shape index (κ3) is 2.87. The van der Waals surface area contributed by atoms with E-state index >= 15 is 0 Å². The maximum absolute atomic E-state index is 5.06.